The molecule has 0 bridgehead atoms. The summed E-state index contributed by atoms with van der Waals surface area (Å²) in [5, 5.41) is 4.07. The number of amides is 2. The van der Waals surface area contributed by atoms with E-state index < -0.39 is 28.5 Å². The van der Waals surface area contributed by atoms with Crippen molar-refractivity contribution in [3.05, 3.63) is 123 Å². The third kappa shape index (κ3) is 9.64. The maximum atomic E-state index is 14.6. The van der Waals surface area contributed by atoms with E-state index in [1.54, 1.807) is 30.3 Å². The minimum Gasteiger partial charge on any atom is -0.497 e. The second kappa shape index (κ2) is 16.4. The van der Waals surface area contributed by atoms with Gasteiger partial charge in [-0.1, -0.05) is 85.0 Å². The highest BCUT2D eigenvalue weighted by Gasteiger charge is 2.35. The molecule has 0 spiro atoms. The molecule has 0 unspecified atom stereocenters. The molecule has 0 heterocycles. The summed E-state index contributed by atoms with van der Waals surface area (Å²) in [6.07, 6.45) is 0.174. The Morgan fingerprint density at radius 2 is 1.49 bits per heavy atom. The van der Waals surface area contributed by atoms with Crippen LogP contribution in [0.3, 0.4) is 0 Å². The number of carbonyl (C=O) groups is 2. The van der Waals surface area contributed by atoms with Gasteiger partial charge in [-0.2, -0.15) is 0 Å². The maximum absolute atomic E-state index is 14.6. The molecule has 0 aliphatic heterocycles. The molecule has 0 aromatic heterocycles. The fourth-order valence-corrected chi connectivity index (χ4v) is 6.83. The number of rotatable bonds is 14. The van der Waals surface area contributed by atoms with E-state index in [0.717, 1.165) is 9.87 Å². The van der Waals surface area contributed by atoms with Crippen molar-refractivity contribution < 1.29 is 22.7 Å². The SMILES string of the molecule is COc1ccc(S(=O)(=O)N(CC(=O)N(Cc2ccc(Cl)cc2Cl)[C@H](Cc2ccccc2)C(=O)NCC(C)C)c2ccc(Cl)cc2)cc1. The van der Waals surface area contributed by atoms with Crippen LogP contribution < -0.4 is 14.4 Å². The fourth-order valence-electron chi connectivity index (χ4n) is 4.82. The zero-order chi connectivity index (χ0) is 34.1. The van der Waals surface area contributed by atoms with Crippen LogP contribution in [-0.4, -0.2) is 51.4 Å². The van der Waals surface area contributed by atoms with Gasteiger partial charge in [-0.05, 0) is 77.7 Å². The largest absolute Gasteiger partial charge is 0.497 e. The van der Waals surface area contributed by atoms with Gasteiger partial charge in [0.1, 0.15) is 18.3 Å². The number of hydrogen-bond acceptors (Lipinski definition) is 5. The molecular weight excluding hydrogens is 681 g/mol. The third-order valence-electron chi connectivity index (χ3n) is 7.35. The van der Waals surface area contributed by atoms with Crippen LogP contribution in [0.15, 0.2) is 102 Å². The summed E-state index contributed by atoms with van der Waals surface area (Å²) in [5.41, 5.74) is 1.57. The number of benzene rings is 4. The number of ether oxygens (including phenoxy) is 1. The number of hydrogen-bond donors (Lipinski definition) is 1. The molecule has 248 valence electrons. The molecule has 0 radical (unpaired) electrons. The lowest BCUT2D eigenvalue weighted by Crippen LogP contribution is -2.53. The minimum absolute atomic E-state index is 0.0520. The van der Waals surface area contributed by atoms with Gasteiger partial charge < -0.3 is 15.0 Å². The van der Waals surface area contributed by atoms with Gasteiger partial charge in [0.2, 0.25) is 11.8 Å². The van der Waals surface area contributed by atoms with E-state index in [1.807, 2.05) is 44.2 Å². The molecule has 4 aromatic rings. The maximum Gasteiger partial charge on any atom is 0.264 e. The molecule has 1 atom stereocenters. The second-order valence-corrected chi connectivity index (χ2v) is 14.4. The Balaban J connectivity index is 1.81. The first-order valence-corrected chi connectivity index (χ1v) is 17.4. The van der Waals surface area contributed by atoms with E-state index >= 15 is 0 Å². The summed E-state index contributed by atoms with van der Waals surface area (Å²) in [5.74, 6) is -0.373. The van der Waals surface area contributed by atoms with E-state index in [0.29, 0.717) is 32.9 Å². The van der Waals surface area contributed by atoms with Crippen LogP contribution in [0, 0.1) is 5.92 Å². The first-order chi connectivity index (χ1) is 22.4. The molecule has 0 saturated heterocycles. The Labute approximate surface area is 291 Å². The summed E-state index contributed by atoms with van der Waals surface area (Å²) >= 11 is 18.9. The van der Waals surface area contributed by atoms with Crippen molar-refractivity contribution >= 4 is 62.3 Å². The number of methoxy groups -OCH3 is 1. The van der Waals surface area contributed by atoms with Gasteiger partial charge in [-0.25, -0.2) is 8.42 Å². The highest BCUT2D eigenvalue weighted by atomic mass is 35.5. The number of anilines is 1. The standard InChI is InChI=1S/C35H36Cl3N3O5S/c1-24(2)21-39-35(43)33(19-25-7-5-4-6-8-25)40(22-26-9-10-28(37)20-32(26)38)34(42)23-41(29-13-11-27(36)12-14-29)47(44,45)31-17-15-30(46-3)16-18-31/h4-18,20,24,33H,19,21-23H2,1-3H3,(H,39,43)/t33-/m1/s1. The van der Waals surface area contributed by atoms with Crippen molar-refractivity contribution in [3.8, 4) is 5.75 Å². The number of halogens is 3. The lowest BCUT2D eigenvalue weighted by molar-refractivity contribution is -0.140. The van der Waals surface area contributed by atoms with Gasteiger partial charge in [0.15, 0.2) is 0 Å². The van der Waals surface area contributed by atoms with E-state index in [4.69, 9.17) is 39.5 Å². The first kappa shape index (κ1) is 36.1. The molecule has 0 fully saturated rings. The van der Waals surface area contributed by atoms with Crippen molar-refractivity contribution in [1.82, 2.24) is 10.2 Å². The first-order valence-electron chi connectivity index (χ1n) is 14.9. The van der Waals surface area contributed by atoms with E-state index in [9.17, 15) is 18.0 Å². The van der Waals surface area contributed by atoms with Crippen molar-refractivity contribution in [2.45, 2.75) is 37.8 Å². The molecule has 1 N–H and O–H groups in total. The van der Waals surface area contributed by atoms with Crippen LogP contribution in [0.2, 0.25) is 15.1 Å². The predicted molar refractivity (Wildman–Crippen MR) is 188 cm³/mol. The highest BCUT2D eigenvalue weighted by molar-refractivity contribution is 7.92. The smallest absolute Gasteiger partial charge is 0.264 e. The number of nitrogens with zero attached hydrogens (tertiary/aromatic N) is 2. The Morgan fingerprint density at radius 1 is 0.851 bits per heavy atom. The minimum atomic E-state index is -4.29. The normalized spacial score (nSPS) is 12.0. The summed E-state index contributed by atoms with van der Waals surface area (Å²) < 4.78 is 34.5. The van der Waals surface area contributed by atoms with Crippen molar-refractivity contribution in [1.29, 1.82) is 0 Å². The van der Waals surface area contributed by atoms with Crippen LogP contribution in [-0.2, 0) is 32.6 Å². The molecule has 4 aromatic carbocycles. The van der Waals surface area contributed by atoms with Crippen molar-refractivity contribution in [2.24, 2.45) is 5.92 Å². The lowest BCUT2D eigenvalue weighted by Gasteiger charge is -2.34. The average molecular weight is 717 g/mol. The highest BCUT2D eigenvalue weighted by Crippen LogP contribution is 2.28. The molecular formula is C35H36Cl3N3O5S. The number of sulfonamides is 1. The van der Waals surface area contributed by atoms with Crippen molar-refractivity contribution in [3.63, 3.8) is 0 Å². The van der Waals surface area contributed by atoms with Crippen molar-refractivity contribution in [2.75, 3.05) is 24.5 Å². The predicted octanol–water partition coefficient (Wildman–Crippen LogP) is 7.26. The van der Waals surface area contributed by atoms with Gasteiger partial charge in [-0.15, -0.1) is 0 Å². The fraction of sp³-hybridized carbons (Fsp3) is 0.257. The quantitative estimate of drug-likeness (QED) is 0.148. The molecule has 0 aliphatic rings. The van der Waals surface area contributed by atoms with Crippen LogP contribution in [0.25, 0.3) is 0 Å². The van der Waals surface area contributed by atoms with Gasteiger partial charge >= 0.3 is 0 Å². The number of carbonyl (C=O) groups excluding carboxylic acids is 2. The van der Waals surface area contributed by atoms with Gasteiger partial charge in [0, 0.05) is 34.6 Å². The average Bonchev–Trinajstić information content (AvgIpc) is 3.05. The topological polar surface area (TPSA) is 96.0 Å². The summed E-state index contributed by atoms with van der Waals surface area (Å²) in [6, 6.07) is 25.2. The van der Waals surface area contributed by atoms with E-state index in [1.165, 1.54) is 48.4 Å². The van der Waals surface area contributed by atoms with Crippen LogP contribution >= 0.6 is 34.8 Å². The number of nitrogens with one attached hydrogen (secondary N) is 1. The second-order valence-electron chi connectivity index (χ2n) is 11.3. The molecule has 2 amide bonds. The Hall–Kier alpha value is -3.76. The lowest BCUT2D eigenvalue weighted by atomic mass is 10.0. The van der Waals surface area contributed by atoms with Gasteiger partial charge in [-0.3, -0.25) is 13.9 Å². The Bertz CT molecular complexity index is 1770. The van der Waals surface area contributed by atoms with Gasteiger partial charge in [0.05, 0.1) is 17.7 Å². The summed E-state index contributed by atoms with van der Waals surface area (Å²) in [4.78, 5) is 29.8. The molecule has 4 rings (SSSR count). The van der Waals surface area contributed by atoms with Crippen LogP contribution in [0.5, 0.6) is 5.75 Å². The third-order valence-corrected chi connectivity index (χ3v) is 9.98. The molecule has 0 saturated carbocycles. The van der Waals surface area contributed by atoms with E-state index in [2.05, 4.69) is 5.32 Å². The van der Waals surface area contributed by atoms with Crippen LogP contribution in [0.4, 0.5) is 5.69 Å². The summed E-state index contributed by atoms with van der Waals surface area (Å²) in [6.45, 7) is 3.62. The van der Waals surface area contributed by atoms with E-state index in [-0.39, 0.29) is 35.4 Å². The molecule has 8 nitrogen and oxygen atoms in total. The monoisotopic (exact) mass is 715 g/mol. The van der Waals surface area contributed by atoms with Gasteiger partial charge in [0.25, 0.3) is 10.0 Å². The summed E-state index contributed by atoms with van der Waals surface area (Å²) in [7, 11) is -2.81. The zero-order valence-electron chi connectivity index (χ0n) is 26.2. The van der Waals surface area contributed by atoms with Crippen LogP contribution in [0.1, 0.15) is 25.0 Å². The Morgan fingerprint density at radius 3 is 2.09 bits per heavy atom. The Kier molecular flexibility index (Phi) is 12.6. The molecule has 12 heteroatoms. The molecule has 0 aliphatic carbocycles. The zero-order valence-corrected chi connectivity index (χ0v) is 29.3. The molecule has 47 heavy (non-hydrogen) atoms.